The van der Waals surface area contributed by atoms with Crippen LogP contribution in [-0.4, -0.2) is 43.0 Å². The number of morpholine rings is 1. The fraction of sp³-hybridized carbons (Fsp3) is 0.308. The van der Waals surface area contributed by atoms with Gasteiger partial charge in [-0.3, -0.25) is 9.59 Å². The number of hydrogen-bond donors (Lipinski definition) is 0. The van der Waals surface area contributed by atoms with Gasteiger partial charge in [0.25, 0.3) is 11.8 Å². The van der Waals surface area contributed by atoms with E-state index in [4.69, 9.17) is 4.74 Å². The van der Waals surface area contributed by atoms with Gasteiger partial charge in [-0.1, -0.05) is 6.07 Å². The van der Waals surface area contributed by atoms with E-state index in [1.165, 1.54) is 6.08 Å². The van der Waals surface area contributed by atoms with Gasteiger partial charge in [-0.25, -0.2) is 4.99 Å². The highest BCUT2D eigenvalue weighted by Gasteiger charge is 2.18. The highest BCUT2D eigenvalue weighted by atomic mass is 16.5. The molecule has 0 aliphatic carbocycles. The first kappa shape index (κ1) is 11.1. The average Bonchev–Trinajstić information content (AvgIpc) is 2.78. The maximum atomic E-state index is 12.2. The van der Waals surface area contributed by atoms with E-state index in [1.54, 1.807) is 23.1 Å². The molecule has 1 aromatic rings. The minimum absolute atomic E-state index is 0.0318. The molecule has 0 saturated carbocycles. The molecule has 0 N–H and O–H groups in total. The lowest BCUT2D eigenvalue weighted by atomic mass is 10.1. The van der Waals surface area contributed by atoms with Crippen molar-refractivity contribution in [3.63, 3.8) is 0 Å². The lowest BCUT2D eigenvalue weighted by molar-refractivity contribution is -0.112. The number of nitrogens with zero attached hydrogens (tertiary/aromatic N) is 2. The zero-order valence-corrected chi connectivity index (χ0v) is 9.76. The second-order valence-corrected chi connectivity index (χ2v) is 4.27. The Morgan fingerprint density at radius 3 is 2.83 bits per heavy atom. The summed E-state index contributed by atoms with van der Waals surface area (Å²) in [6.45, 7) is 2.37. The first-order valence-electron chi connectivity index (χ1n) is 5.85. The summed E-state index contributed by atoms with van der Waals surface area (Å²) >= 11 is 0. The van der Waals surface area contributed by atoms with Crippen molar-refractivity contribution >= 4 is 17.9 Å². The van der Waals surface area contributed by atoms with Crippen LogP contribution < -0.4 is 10.6 Å². The second-order valence-electron chi connectivity index (χ2n) is 4.27. The Morgan fingerprint density at radius 2 is 2.06 bits per heavy atom. The van der Waals surface area contributed by atoms with Crippen LogP contribution >= 0.6 is 0 Å². The third-order valence-corrected chi connectivity index (χ3v) is 3.09. The second kappa shape index (κ2) is 4.34. The van der Waals surface area contributed by atoms with Crippen LogP contribution in [-0.2, 0) is 9.53 Å². The summed E-state index contributed by atoms with van der Waals surface area (Å²) in [5.41, 5.74) is 0.572. The van der Waals surface area contributed by atoms with Crippen molar-refractivity contribution < 1.29 is 14.3 Å². The molecule has 92 valence electrons. The van der Waals surface area contributed by atoms with Gasteiger partial charge in [-0.15, -0.1) is 0 Å². The molecule has 0 spiro atoms. The van der Waals surface area contributed by atoms with Gasteiger partial charge in [-0.2, -0.15) is 0 Å². The Bertz CT molecular complexity index is 630. The number of fused-ring (bicyclic) bond motifs is 1. The molecule has 0 unspecified atom stereocenters. The van der Waals surface area contributed by atoms with E-state index in [-0.39, 0.29) is 11.8 Å². The summed E-state index contributed by atoms with van der Waals surface area (Å²) in [6, 6.07) is 5.17. The molecule has 0 radical (unpaired) electrons. The van der Waals surface area contributed by atoms with Gasteiger partial charge >= 0.3 is 0 Å². The molecule has 2 amide bonds. The van der Waals surface area contributed by atoms with E-state index in [1.807, 2.05) is 0 Å². The van der Waals surface area contributed by atoms with E-state index >= 15 is 0 Å². The molecule has 1 fully saturated rings. The van der Waals surface area contributed by atoms with Crippen molar-refractivity contribution in [2.24, 2.45) is 4.99 Å². The normalized spacial score (nSPS) is 18.0. The van der Waals surface area contributed by atoms with Gasteiger partial charge < -0.3 is 9.64 Å². The predicted molar refractivity (Wildman–Crippen MR) is 63.4 cm³/mol. The molecule has 3 rings (SSSR count). The Kier molecular flexibility index (Phi) is 2.68. The Labute approximate surface area is 103 Å². The summed E-state index contributed by atoms with van der Waals surface area (Å²) in [6.07, 6.45) is 1.47. The molecule has 0 atom stereocenters. The predicted octanol–water partition coefficient (Wildman–Crippen LogP) is -0.901. The zero-order valence-electron chi connectivity index (χ0n) is 9.76. The van der Waals surface area contributed by atoms with Crippen LogP contribution in [0.25, 0.3) is 6.08 Å². The van der Waals surface area contributed by atoms with Crippen LogP contribution in [0, 0.1) is 0 Å². The Balaban J connectivity index is 1.92. The molecule has 0 bridgehead atoms. The maximum absolute atomic E-state index is 12.2. The third-order valence-electron chi connectivity index (χ3n) is 3.09. The third kappa shape index (κ3) is 1.93. The summed E-state index contributed by atoms with van der Waals surface area (Å²) in [5.74, 6) is -0.295. The van der Waals surface area contributed by atoms with Crippen LogP contribution in [0.15, 0.2) is 23.2 Å². The lowest BCUT2D eigenvalue weighted by Gasteiger charge is -2.26. The van der Waals surface area contributed by atoms with Gasteiger partial charge in [0, 0.05) is 29.9 Å². The van der Waals surface area contributed by atoms with Crippen molar-refractivity contribution in [2.75, 3.05) is 26.3 Å². The zero-order chi connectivity index (χ0) is 12.5. The monoisotopic (exact) mass is 244 g/mol. The summed E-state index contributed by atoms with van der Waals surface area (Å²) in [7, 11) is 0. The van der Waals surface area contributed by atoms with Gasteiger partial charge in [0.05, 0.1) is 18.6 Å². The first-order valence-corrected chi connectivity index (χ1v) is 5.85. The quantitative estimate of drug-likeness (QED) is 0.643. The highest BCUT2D eigenvalue weighted by molar-refractivity contribution is 6.06. The SMILES string of the molecule is O=C1C=c2ccc(C(=O)N3CCOCC3)cc2=N1. The number of carbonyl (C=O) groups is 2. The summed E-state index contributed by atoms with van der Waals surface area (Å²) < 4.78 is 5.21. The minimum Gasteiger partial charge on any atom is -0.378 e. The Hall–Kier alpha value is -2.01. The molecule has 1 saturated heterocycles. The maximum Gasteiger partial charge on any atom is 0.270 e. The standard InChI is InChI=1S/C13H12N2O3/c16-12-8-9-1-2-10(7-11(9)14-12)13(17)15-3-5-18-6-4-15/h1-2,7-8H,3-6H2. The van der Waals surface area contributed by atoms with Crippen LogP contribution in [0.3, 0.4) is 0 Å². The van der Waals surface area contributed by atoms with Crippen molar-refractivity contribution in [1.82, 2.24) is 4.90 Å². The molecule has 5 heteroatoms. The van der Waals surface area contributed by atoms with Crippen LogP contribution in [0.1, 0.15) is 10.4 Å². The molecule has 0 aromatic heterocycles. The number of ether oxygens (including phenoxy) is 1. The van der Waals surface area contributed by atoms with Crippen LogP contribution in [0.2, 0.25) is 0 Å². The molecular formula is C13H12N2O3. The van der Waals surface area contributed by atoms with E-state index in [9.17, 15) is 9.59 Å². The number of amides is 2. The molecule has 2 aliphatic heterocycles. The summed E-state index contributed by atoms with van der Waals surface area (Å²) in [4.78, 5) is 29.0. The van der Waals surface area contributed by atoms with Crippen LogP contribution in [0.4, 0.5) is 0 Å². The number of benzene rings is 1. The minimum atomic E-state index is -0.263. The topological polar surface area (TPSA) is 59.0 Å². The number of hydrogen-bond acceptors (Lipinski definition) is 3. The van der Waals surface area contributed by atoms with Gasteiger partial charge in [0.1, 0.15) is 0 Å². The first-order chi connectivity index (χ1) is 8.74. The number of carbonyl (C=O) groups excluding carboxylic acids is 2. The van der Waals surface area contributed by atoms with Gasteiger partial charge in [-0.05, 0) is 12.1 Å². The van der Waals surface area contributed by atoms with E-state index in [0.717, 1.165) is 5.22 Å². The highest BCUT2D eigenvalue weighted by Crippen LogP contribution is 2.05. The molecular weight excluding hydrogens is 232 g/mol. The van der Waals surface area contributed by atoms with Gasteiger partial charge in [0.2, 0.25) is 0 Å². The number of rotatable bonds is 1. The van der Waals surface area contributed by atoms with Crippen molar-refractivity contribution in [3.05, 3.63) is 34.3 Å². The molecule has 1 aromatic carbocycles. The Morgan fingerprint density at radius 1 is 1.28 bits per heavy atom. The molecule has 5 nitrogen and oxygen atoms in total. The fourth-order valence-electron chi connectivity index (χ4n) is 2.13. The summed E-state index contributed by atoms with van der Waals surface area (Å²) in [5, 5.41) is 1.36. The van der Waals surface area contributed by atoms with Crippen molar-refractivity contribution in [3.8, 4) is 0 Å². The fourth-order valence-corrected chi connectivity index (χ4v) is 2.13. The largest absolute Gasteiger partial charge is 0.378 e. The molecule has 18 heavy (non-hydrogen) atoms. The molecule has 2 heterocycles. The lowest BCUT2D eigenvalue weighted by Crippen LogP contribution is -2.41. The molecule has 2 aliphatic rings. The van der Waals surface area contributed by atoms with E-state index in [0.29, 0.717) is 37.2 Å². The van der Waals surface area contributed by atoms with Gasteiger partial charge in [0.15, 0.2) is 0 Å². The van der Waals surface area contributed by atoms with Crippen molar-refractivity contribution in [1.29, 1.82) is 0 Å². The van der Waals surface area contributed by atoms with Crippen molar-refractivity contribution in [2.45, 2.75) is 0 Å². The average molecular weight is 244 g/mol. The van der Waals surface area contributed by atoms with E-state index < -0.39 is 0 Å². The van der Waals surface area contributed by atoms with E-state index in [2.05, 4.69) is 4.99 Å². The smallest absolute Gasteiger partial charge is 0.270 e. The van der Waals surface area contributed by atoms with Crippen LogP contribution in [0.5, 0.6) is 0 Å².